The highest BCUT2D eigenvalue weighted by Crippen LogP contribution is 2.37. The van der Waals surface area contributed by atoms with Crippen molar-refractivity contribution in [3.05, 3.63) is 69.2 Å². The van der Waals surface area contributed by atoms with E-state index in [1.807, 2.05) is 0 Å². The molecule has 2 nitrogen and oxygen atoms in total. The summed E-state index contributed by atoms with van der Waals surface area (Å²) in [6.07, 6.45) is -4.67. The van der Waals surface area contributed by atoms with Crippen molar-refractivity contribution in [3.8, 4) is 6.07 Å². The topological polar surface area (TPSA) is 44.0 Å². The van der Waals surface area contributed by atoms with Gasteiger partial charge in [0.2, 0.25) is 0 Å². The lowest BCUT2D eigenvalue weighted by Gasteiger charge is -2.13. The van der Waals surface area contributed by atoms with E-state index in [2.05, 4.69) is 0 Å². The van der Waals surface area contributed by atoms with Gasteiger partial charge in [0.05, 0.1) is 10.6 Å². The molecule has 0 bridgehead atoms. The van der Waals surface area contributed by atoms with E-state index in [0.717, 1.165) is 12.1 Å². The number of aliphatic hydroxyl groups is 1. The summed E-state index contributed by atoms with van der Waals surface area (Å²) in [5, 5.41) is 19.8. The van der Waals surface area contributed by atoms with Gasteiger partial charge in [0.15, 0.2) is 0 Å². The number of hydrogen-bond donors (Lipinski definition) is 1. The van der Waals surface area contributed by atoms with E-state index in [-0.39, 0.29) is 16.2 Å². The number of hydrogen-bond acceptors (Lipinski definition) is 2. The molecule has 0 aliphatic carbocycles. The number of nitriles is 1. The Balaban J connectivity index is 2.71. The fraction of sp³-hybridized carbons (Fsp3) is 0.0625. The van der Waals surface area contributed by atoms with E-state index < -0.39 is 23.1 Å². The van der Waals surface area contributed by atoms with Gasteiger partial charge in [0.1, 0.15) is 17.4 Å². The van der Waals surface area contributed by atoms with Crippen LogP contribution in [0.25, 0.3) is 11.3 Å². The number of alkyl halides is 3. The maximum absolute atomic E-state index is 13.1. The van der Waals surface area contributed by atoms with Crippen molar-refractivity contribution in [2.75, 3.05) is 0 Å². The molecule has 2 rings (SSSR count). The summed E-state index contributed by atoms with van der Waals surface area (Å²) < 4.78 is 39.2. The third-order valence-corrected chi connectivity index (χ3v) is 3.58. The molecule has 0 unspecified atom stereocenters. The Morgan fingerprint density at radius 2 is 1.70 bits per heavy atom. The number of benzene rings is 2. The Hall–Kier alpha value is -2.16. The van der Waals surface area contributed by atoms with E-state index in [4.69, 9.17) is 23.2 Å². The van der Waals surface area contributed by atoms with Crippen molar-refractivity contribution >= 4 is 34.5 Å². The van der Waals surface area contributed by atoms with Crippen molar-refractivity contribution in [2.24, 2.45) is 0 Å². The number of rotatable bonds is 2. The third kappa shape index (κ3) is 3.61. The van der Waals surface area contributed by atoms with Gasteiger partial charge in [-0.25, -0.2) is 0 Å². The normalized spacial score (nSPS) is 12.5. The summed E-state index contributed by atoms with van der Waals surface area (Å²) in [5.41, 5.74) is -1.82. The van der Waals surface area contributed by atoms with Crippen LogP contribution < -0.4 is 0 Å². The Kier molecular flexibility index (Phi) is 4.88. The molecule has 23 heavy (non-hydrogen) atoms. The lowest BCUT2D eigenvalue weighted by atomic mass is 9.98. The lowest BCUT2D eigenvalue weighted by Crippen LogP contribution is -2.09. The average Bonchev–Trinajstić information content (AvgIpc) is 2.49. The van der Waals surface area contributed by atoms with Crippen LogP contribution in [0.2, 0.25) is 10.0 Å². The zero-order valence-electron chi connectivity index (χ0n) is 11.3. The number of aliphatic hydroxyl groups excluding tert-OH is 1. The second-order valence-corrected chi connectivity index (χ2v) is 5.35. The van der Waals surface area contributed by atoms with Crippen LogP contribution in [0.5, 0.6) is 0 Å². The summed E-state index contributed by atoms with van der Waals surface area (Å²) in [4.78, 5) is 0. The molecule has 118 valence electrons. The fourth-order valence-electron chi connectivity index (χ4n) is 2.00. The molecule has 7 heteroatoms. The maximum Gasteiger partial charge on any atom is 0.417 e. The van der Waals surface area contributed by atoms with Crippen LogP contribution in [0.4, 0.5) is 13.2 Å². The first-order valence-corrected chi connectivity index (χ1v) is 6.96. The zero-order chi connectivity index (χ0) is 17.2. The Morgan fingerprint density at radius 3 is 2.26 bits per heavy atom. The van der Waals surface area contributed by atoms with Crippen LogP contribution in [0.3, 0.4) is 0 Å². The first kappa shape index (κ1) is 17.2. The predicted molar refractivity (Wildman–Crippen MR) is 83.0 cm³/mol. The van der Waals surface area contributed by atoms with Gasteiger partial charge in [0, 0.05) is 16.1 Å². The minimum Gasteiger partial charge on any atom is -0.506 e. The lowest BCUT2D eigenvalue weighted by molar-refractivity contribution is -0.137. The molecule has 0 heterocycles. The number of nitrogens with zero attached hydrogens (tertiary/aromatic N) is 1. The summed E-state index contributed by atoms with van der Waals surface area (Å²) in [7, 11) is 0. The van der Waals surface area contributed by atoms with Gasteiger partial charge < -0.3 is 5.11 Å². The zero-order valence-corrected chi connectivity index (χ0v) is 12.8. The van der Waals surface area contributed by atoms with Crippen molar-refractivity contribution in [2.45, 2.75) is 6.18 Å². The van der Waals surface area contributed by atoms with Gasteiger partial charge in [0.25, 0.3) is 0 Å². The molecule has 1 N–H and O–H groups in total. The molecule has 2 aromatic carbocycles. The minimum atomic E-state index is -4.67. The quantitative estimate of drug-likeness (QED) is 0.409. The largest absolute Gasteiger partial charge is 0.506 e. The van der Waals surface area contributed by atoms with Crippen LogP contribution in [0, 0.1) is 11.3 Å². The molecule has 0 aliphatic heterocycles. The molecule has 0 fully saturated rings. The highest BCUT2D eigenvalue weighted by atomic mass is 35.5. The van der Waals surface area contributed by atoms with Crippen LogP contribution in [-0.2, 0) is 6.18 Å². The second-order valence-electron chi connectivity index (χ2n) is 4.50. The van der Waals surface area contributed by atoms with Crippen molar-refractivity contribution < 1.29 is 18.3 Å². The van der Waals surface area contributed by atoms with Crippen molar-refractivity contribution in [1.82, 2.24) is 0 Å². The molecule has 0 atom stereocenters. The standard InChI is InChI=1S/C16H8Cl2F3NO/c17-9-5-6-10(14(18)7-9)12(8-22)15(23)11-3-1-2-4-13(11)16(19,20)21/h1-7,23H/b15-12+. The highest BCUT2D eigenvalue weighted by molar-refractivity contribution is 6.36. The van der Waals surface area contributed by atoms with Crippen LogP contribution in [0.1, 0.15) is 16.7 Å². The monoisotopic (exact) mass is 357 g/mol. The SMILES string of the molecule is N#C/C(=C(\O)c1ccccc1C(F)(F)F)c1ccc(Cl)cc1Cl. The van der Waals surface area contributed by atoms with Crippen LogP contribution in [-0.4, -0.2) is 5.11 Å². The third-order valence-electron chi connectivity index (χ3n) is 3.04. The molecular weight excluding hydrogens is 350 g/mol. The Bertz CT molecular complexity index is 823. The first-order valence-electron chi connectivity index (χ1n) is 6.21. The number of allylic oxidation sites excluding steroid dienone is 1. The molecule has 0 spiro atoms. The van der Waals surface area contributed by atoms with Crippen LogP contribution >= 0.6 is 23.2 Å². The first-order chi connectivity index (χ1) is 10.8. The summed E-state index contributed by atoms with van der Waals surface area (Å²) in [5.74, 6) is -0.801. The molecule has 2 aromatic rings. The molecule has 0 amide bonds. The maximum atomic E-state index is 13.1. The van der Waals surface area contributed by atoms with E-state index in [1.54, 1.807) is 6.07 Å². The van der Waals surface area contributed by atoms with E-state index in [9.17, 15) is 23.5 Å². The van der Waals surface area contributed by atoms with Gasteiger partial charge in [-0.05, 0) is 18.2 Å². The Labute approximate surface area is 140 Å². The molecule has 0 aliphatic rings. The predicted octanol–water partition coefficient (Wildman–Crippen LogP) is 5.96. The molecule has 0 saturated heterocycles. The van der Waals surface area contributed by atoms with E-state index in [1.165, 1.54) is 30.3 Å². The molecule has 0 aromatic heterocycles. The van der Waals surface area contributed by atoms with E-state index >= 15 is 0 Å². The van der Waals surface area contributed by atoms with Crippen LogP contribution in [0.15, 0.2) is 42.5 Å². The molecule has 0 saturated carbocycles. The summed E-state index contributed by atoms with van der Waals surface area (Å²) in [6, 6.07) is 10.2. The molecular formula is C16H8Cl2F3NO. The smallest absolute Gasteiger partial charge is 0.417 e. The fourth-order valence-corrected chi connectivity index (χ4v) is 2.51. The number of halogens is 5. The average molecular weight is 358 g/mol. The van der Waals surface area contributed by atoms with E-state index in [0.29, 0.717) is 5.02 Å². The van der Waals surface area contributed by atoms with Crippen molar-refractivity contribution in [3.63, 3.8) is 0 Å². The summed E-state index contributed by atoms with van der Waals surface area (Å²) in [6.45, 7) is 0. The van der Waals surface area contributed by atoms with Gasteiger partial charge >= 0.3 is 6.18 Å². The van der Waals surface area contributed by atoms with Crippen molar-refractivity contribution in [1.29, 1.82) is 5.26 Å². The minimum absolute atomic E-state index is 0.0464. The van der Waals surface area contributed by atoms with Gasteiger partial charge in [-0.2, -0.15) is 18.4 Å². The van der Waals surface area contributed by atoms with Gasteiger partial charge in [-0.3, -0.25) is 0 Å². The summed E-state index contributed by atoms with van der Waals surface area (Å²) >= 11 is 11.7. The van der Waals surface area contributed by atoms with Gasteiger partial charge in [-0.15, -0.1) is 0 Å². The second kappa shape index (κ2) is 6.53. The van der Waals surface area contributed by atoms with Gasteiger partial charge in [-0.1, -0.05) is 47.5 Å². The Morgan fingerprint density at radius 1 is 1.04 bits per heavy atom. The molecule has 0 radical (unpaired) electrons. The highest BCUT2D eigenvalue weighted by Gasteiger charge is 2.34.